The number of hydrogen-bond donors (Lipinski definition) is 1. The van der Waals surface area contributed by atoms with Gasteiger partial charge in [-0.3, -0.25) is 4.79 Å². The van der Waals surface area contributed by atoms with E-state index in [2.05, 4.69) is 33.3 Å². The van der Waals surface area contributed by atoms with Crippen LogP contribution in [0.25, 0.3) is 0 Å². The molecule has 0 aromatic carbocycles. The van der Waals surface area contributed by atoms with Crippen LogP contribution in [-0.2, 0) is 11.3 Å². The zero-order valence-electron chi connectivity index (χ0n) is 12.6. The number of nitrogens with zero attached hydrogens (tertiary/aromatic N) is 1. The second-order valence-corrected chi connectivity index (χ2v) is 7.99. The lowest BCUT2D eigenvalue weighted by molar-refractivity contribution is -0.132. The molecule has 2 heterocycles. The van der Waals surface area contributed by atoms with Crippen molar-refractivity contribution >= 4 is 29.0 Å². The Kier molecular flexibility index (Phi) is 4.92. The lowest BCUT2D eigenvalue weighted by atomic mass is 9.93. The third-order valence-corrected chi connectivity index (χ3v) is 6.24. The van der Waals surface area contributed by atoms with Gasteiger partial charge in [0.25, 0.3) is 0 Å². The van der Waals surface area contributed by atoms with Gasteiger partial charge in [-0.05, 0) is 66.4 Å². The molecule has 5 heteroatoms. The van der Waals surface area contributed by atoms with Gasteiger partial charge >= 0.3 is 0 Å². The van der Waals surface area contributed by atoms with Crippen LogP contribution >= 0.6 is 23.1 Å². The van der Waals surface area contributed by atoms with Crippen LogP contribution in [0.5, 0.6) is 0 Å². The van der Waals surface area contributed by atoms with Crippen molar-refractivity contribution < 1.29 is 4.79 Å². The fraction of sp³-hybridized carbons (Fsp3) is 0.688. The Labute approximate surface area is 135 Å². The summed E-state index contributed by atoms with van der Waals surface area (Å²) < 4.78 is 0. The molecule has 1 aliphatic heterocycles. The highest BCUT2D eigenvalue weighted by atomic mass is 32.2. The molecular formula is C16H24N2OS2. The first-order valence-electron chi connectivity index (χ1n) is 7.75. The average Bonchev–Trinajstić information content (AvgIpc) is 2.95. The molecule has 0 bridgehead atoms. The third-order valence-electron chi connectivity index (χ3n) is 4.90. The zero-order chi connectivity index (χ0) is 14.7. The summed E-state index contributed by atoms with van der Waals surface area (Å²) in [5.74, 6) is 1.27. The van der Waals surface area contributed by atoms with E-state index >= 15 is 0 Å². The minimum Gasteiger partial charge on any atom is -0.335 e. The van der Waals surface area contributed by atoms with E-state index in [9.17, 15) is 4.79 Å². The maximum Gasteiger partial charge on any atom is 0.223 e. The molecule has 2 fully saturated rings. The van der Waals surface area contributed by atoms with E-state index in [4.69, 9.17) is 0 Å². The molecule has 2 aliphatic rings. The van der Waals surface area contributed by atoms with E-state index in [-0.39, 0.29) is 0 Å². The summed E-state index contributed by atoms with van der Waals surface area (Å²) in [6, 6.07) is 2.63. The molecule has 0 radical (unpaired) electrons. The summed E-state index contributed by atoms with van der Waals surface area (Å²) >= 11 is 3.48. The van der Waals surface area contributed by atoms with Gasteiger partial charge in [0.2, 0.25) is 5.91 Å². The molecule has 1 saturated carbocycles. The van der Waals surface area contributed by atoms with Crippen LogP contribution in [0, 0.1) is 5.41 Å². The molecule has 1 amide bonds. The van der Waals surface area contributed by atoms with Crippen LogP contribution in [0.15, 0.2) is 16.8 Å². The molecule has 1 spiro atoms. The number of carbonyl (C=O) groups excluding carboxylic acids is 1. The Bertz CT molecular complexity index is 469. The number of thioether (sulfide) groups is 1. The van der Waals surface area contributed by atoms with Gasteiger partial charge < -0.3 is 10.2 Å². The van der Waals surface area contributed by atoms with E-state index in [1.54, 1.807) is 23.1 Å². The second kappa shape index (κ2) is 6.71. The molecule has 1 atom stereocenters. The molecule has 21 heavy (non-hydrogen) atoms. The molecule has 3 rings (SSSR count). The average molecular weight is 325 g/mol. The molecular weight excluding hydrogens is 300 g/mol. The summed E-state index contributed by atoms with van der Waals surface area (Å²) in [5, 5.41) is 7.72. The van der Waals surface area contributed by atoms with Crippen molar-refractivity contribution in [2.75, 3.05) is 25.1 Å². The van der Waals surface area contributed by atoms with E-state index in [1.807, 2.05) is 0 Å². The van der Waals surface area contributed by atoms with Crippen molar-refractivity contribution in [3.63, 3.8) is 0 Å². The van der Waals surface area contributed by atoms with Crippen molar-refractivity contribution in [2.24, 2.45) is 5.41 Å². The Morgan fingerprint density at radius 1 is 1.52 bits per heavy atom. The first-order valence-corrected chi connectivity index (χ1v) is 10.1. The van der Waals surface area contributed by atoms with Crippen molar-refractivity contribution in [2.45, 2.75) is 38.3 Å². The van der Waals surface area contributed by atoms with Crippen LogP contribution in [0.4, 0.5) is 0 Å². The molecule has 1 aliphatic carbocycles. The topological polar surface area (TPSA) is 32.3 Å². The van der Waals surface area contributed by atoms with Gasteiger partial charge in [0.15, 0.2) is 0 Å². The molecule has 0 unspecified atom stereocenters. The quantitative estimate of drug-likeness (QED) is 0.873. The molecule has 116 valence electrons. The van der Waals surface area contributed by atoms with E-state index in [1.165, 1.54) is 24.8 Å². The fourth-order valence-electron chi connectivity index (χ4n) is 3.51. The lowest BCUT2D eigenvalue weighted by Gasteiger charge is -2.29. The van der Waals surface area contributed by atoms with E-state index < -0.39 is 0 Å². The second-order valence-electron chi connectivity index (χ2n) is 6.23. The summed E-state index contributed by atoms with van der Waals surface area (Å²) in [4.78, 5) is 14.8. The van der Waals surface area contributed by atoms with Crippen LogP contribution in [0.2, 0.25) is 0 Å². The van der Waals surface area contributed by atoms with Crippen LogP contribution in [0.1, 0.15) is 31.2 Å². The number of piperidine rings is 1. The molecule has 1 N–H and O–H groups in total. The van der Waals surface area contributed by atoms with Crippen LogP contribution in [-0.4, -0.2) is 41.9 Å². The Morgan fingerprint density at radius 3 is 3.00 bits per heavy atom. The van der Waals surface area contributed by atoms with Gasteiger partial charge in [-0.25, -0.2) is 0 Å². The summed E-state index contributed by atoms with van der Waals surface area (Å²) in [6.45, 7) is 3.03. The zero-order valence-corrected chi connectivity index (χ0v) is 14.3. The highest BCUT2D eigenvalue weighted by Gasteiger charge is 2.57. The molecule has 3 nitrogen and oxygen atoms in total. The number of hydrogen-bond acceptors (Lipinski definition) is 4. The molecule has 1 aromatic heterocycles. The van der Waals surface area contributed by atoms with Gasteiger partial charge in [0, 0.05) is 24.8 Å². The highest BCUT2D eigenvalue weighted by molar-refractivity contribution is 7.98. The van der Waals surface area contributed by atoms with E-state index in [0.717, 1.165) is 25.4 Å². The minimum absolute atomic E-state index is 0.343. The Hall–Kier alpha value is -0.520. The van der Waals surface area contributed by atoms with Crippen LogP contribution < -0.4 is 5.32 Å². The van der Waals surface area contributed by atoms with Crippen LogP contribution in [0.3, 0.4) is 0 Å². The predicted octanol–water partition coefficient (Wildman–Crippen LogP) is 2.97. The van der Waals surface area contributed by atoms with Crippen molar-refractivity contribution in [1.29, 1.82) is 0 Å². The number of nitrogens with one attached hydrogen (secondary N) is 1. The summed E-state index contributed by atoms with van der Waals surface area (Å²) in [6.07, 6.45) is 6.42. The van der Waals surface area contributed by atoms with E-state index in [0.29, 0.717) is 23.8 Å². The monoisotopic (exact) mass is 324 g/mol. The highest BCUT2D eigenvalue weighted by Crippen LogP contribution is 2.56. The number of carbonyl (C=O) groups is 1. The predicted molar refractivity (Wildman–Crippen MR) is 90.8 cm³/mol. The Morgan fingerprint density at radius 2 is 2.33 bits per heavy atom. The number of amides is 1. The van der Waals surface area contributed by atoms with Gasteiger partial charge in [0.1, 0.15) is 0 Å². The summed E-state index contributed by atoms with van der Waals surface area (Å²) in [7, 11) is 0. The first kappa shape index (κ1) is 15.4. The van der Waals surface area contributed by atoms with Gasteiger partial charge in [0.05, 0.1) is 0 Å². The maximum atomic E-state index is 12.6. The standard InChI is InChI=1S/C16H24N2OS2/c1-20-8-3-15(19)18(11-13-2-9-21-12-13)14-10-16(14)4-6-17-7-5-16/h2,9,12,14,17H,3-8,10-11H2,1H3/t14-/m0/s1. The van der Waals surface area contributed by atoms with Crippen molar-refractivity contribution in [1.82, 2.24) is 10.2 Å². The van der Waals surface area contributed by atoms with Gasteiger partial charge in [-0.2, -0.15) is 23.1 Å². The number of thiophene rings is 1. The normalized spacial score (nSPS) is 23.2. The largest absolute Gasteiger partial charge is 0.335 e. The van der Waals surface area contributed by atoms with Crippen molar-refractivity contribution in [3.05, 3.63) is 22.4 Å². The maximum absolute atomic E-state index is 12.6. The van der Waals surface area contributed by atoms with Gasteiger partial charge in [-0.1, -0.05) is 0 Å². The number of rotatable bonds is 6. The third kappa shape index (κ3) is 3.46. The SMILES string of the molecule is CSCCC(=O)N(Cc1ccsc1)[C@H]1CC12CCNCC2. The first-order chi connectivity index (χ1) is 10.2. The van der Waals surface area contributed by atoms with Gasteiger partial charge in [-0.15, -0.1) is 0 Å². The summed E-state index contributed by atoms with van der Waals surface area (Å²) in [5.41, 5.74) is 1.71. The Balaban J connectivity index is 1.68. The smallest absolute Gasteiger partial charge is 0.223 e. The van der Waals surface area contributed by atoms with Crippen molar-refractivity contribution in [3.8, 4) is 0 Å². The molecule has 1 aromatic rings. The minimum atomic E-state index is 0.343. The fourth-order valence-corrected chi connectivity index (χ4v) is 4.55. The molecule has 1 saturated heterocycles. The lowest BCUT2D eigenvalue weighted by Crippen LogP contribution is -2.39.